The van der Waals surface area contributed by atoms with Crippen molar-refractivity contribution in [2.75, 3.05) is 0 Å². The molecule has 0 aliphatic rings. The third-order valence-corrected chi connectivity index (χ3v) is 1.19. The lowest BCUT2D eigenvalue weighted by Gasteiger charge is -1.91. The minimum absolute atomic E-state index is 0.120. The molecule has 0 amide bonds. The minimum atomic E-state index is -0.420. The van der Waals surface area contributed by atoms with Crippen LogP contribution in [0.25, 0.3) is 0 Å². The van der Waals surface area contributed by atoms with Crippen LogP contribution < -0.4 is 5.34 Å². The summed E-state index contributed by atoms with van der Waals surface area (Å²) in [6, 6.07) is 1.38. The molecule has 0 radical (unpaired) electrons. The number of nitrogens with one attached hydrogen (secondary N) is 1. The fourth-order valence-electron chi connectivity index (χ4n) is 0.671. The SMILES string of the molecule is Cc1cnccc1[N+](=O)[O-].O=[NH+][O-]. The highest BCUT2D eigenvalue weighted by molar-refractivity contribution is 5.35. The Morgan fingerprint density at radius 3 is 2.46 bits per heavy atom. The summed E-state index contributed by atoms with van der Waals surface area (Å²) in [5, 5.41) is 18.6. The number of pyridine rings is 1. The van der Waals surface area contributed by atoms with Gasteiger partial charge >= 0.3 is 0 Å². The highest BCUT2D eigenvalue weighted by Gasteiger charge is 2.06. The van der Waals surface area contributed by atoms with Crippen molar-refractivity contribution in [1.82, 2.24) is 4.98 Å². The number of aryl methyl sites for hydroxylation is 1. The predicted octanol–water partition coefficient (Wildman–Crippen LogP) is -0.371. The minimum Gasteiger partial charge on any atom is -0.267 e. The molecule has 0 saturated carbocycles. The summed E-state index contributed by atoms with van der Waals surface area (Å²) in [7, 11) is 0. The molecule has 0 aromatic carbocycles. The molecule has 70 valence electrons. The summed E-state index contributed by atoms with van der Waals surface area (Å²) >= 11 is 0. The molecule has 0 saturated heterocycles. The highest BCUT2D eigenvalue weighted by Crippen LogP contribution is 2.13. The molecule has 0 bridgehead atoms. The summed E-state index contributed by atoms with van der Waals surface area (Å²) in [5.41, 5.74) is 0.711. The number of rotatable bonds is 1. The first-order chi connectivity index (χ1) is 6.13. The molecule has 1 N–H and O–H groups in total. The van der Waals surface area contributed by atoms with Crippen LogP contribution in [0.2, 0.25) is 0 Å². The van der Waals surface area contributed by atoms with Gasteiger partial charge in [0.25, 0.3) is 5.69 Å². The van der Waals surface area contributed by atoms with Gasteiger partial charge in [0.1, 0.15) is 0 Å². The Labute approximate surface area is 73.1 Å². The van der Waals surface area contributed by atoms with Gasteiger partial charge in [-0.1, -0.05) is 0 Å². The van der Waals surface area contributed by atoms with Gasteiger partial charge in [-0.3, -0.25) is 25.2 Å². The first-order valence-corrected chi connectivity index (χ1v) is 3.17. The molecule has 0 aliphatic carbocycles. The van der Waals surface area contributed by atoms with Gasteiger partial charge in [0.15, 0.2) is 0 Å². The second-order valence-electron chi connectivity index (χ2n) is 2.00. The van der Waals surface area contributed by atoms with Crippen LogP contribution in [-0.4, -0.2) is 9.91 Å². The van der Waals surface area contributed by atoms with E-state index < -0.39 is 4.92 Å². The van der Waals surface area contributed by atoms with E-state index in [2.05, 4.69) is 4.98 Å². The zero-order valence-electron chi connectivity index (χ0n) is 6.76. The van der Waals surface area contributed by atoms with Crippen LogP contribution >= 0.6 is 0 Å². The van der Waals surface area contributed by atoms with E-state index in [1.54, 1.807) is 6.92 Å². The van der Waals surface area contributed by atoms with Gasteiger partial charge in [-0.15, -0.1) is 0 Å². The average molecular weight is 185 g/mol. The average Bonchev–Trinajstić information content (AvgIpc) is 2.06. The summed E-state index contributed by atoms with van der Waals surface area (Å²) in [5.74, 6) is 0. The summed E-state index contributed by atoms with van der Waals surface area (Å²) in [6.45, 7) is 1.66. The third-order valence-electron chi connectivity index (χ3n) is 1.19. The largest absolute Gasteiger partial charge is 0.275 e. The quantitative estimate of drug-likeness (QED) is 0.474. The smallest absolute Gasteiger partial charge is 0.267 e. The van der Waals surface area contributed by atoms with E-state index in [0.717, 1.165) is 0 Å². The van der Waals surface area contributed by atoms with Gasteiger partial charge in [-0.05, 0) is 6.92 Å². The zero-order valence-corrected chi connectivity index (χ0v) is 6.76. The highest BCUT2D eigenvalue weighted by atomic mass is 16.6. The predicted molar refractivity (Wildman–Crippen MR) is 43.3 cm³/mol. The van der Waals surface area contributed by atoms with Crippen LogP contribution in [0.15, 0.2) is 18.5 Å². The lowest BCUT2D eigenvalue weighted by Crippen LogP contribution is -2.53. The normalized spacial score (nSPS) is 8.08. The van der Waals surface area contributed by atoms with Crippen molar-refractivity contribution in [3.05, 3.63) is 44.3 Å². The zero-order chi connectivity index (χ0) is 10.3. The second-order valence-corrected chi connectivity index (χ2v) is 2.00. The van der Waals surface area contributed by atoms with E-state index in [1.807, 2.05) is 0 Å². The molecular weight excluding hydrogens is 178 g/mol. The molecule has 1 heterocycles. The van der Waals surface area contributed by atoms with Crippen molar-refractivity contribution in [1.29, 1.82) is 0 Å². The van der Waals surface area contributed by atoms with Crippen LogP contribution in [0.3, 0.4) is 0 Å². The van der Waals surface area contributed by atoms with Crippen molar-refractivity contribution in [2.45, 2.75) is 6.92 Å². The third kappa shape index (κ3) is 3.75. The van der Waals surface area contributed by atoms with Crippen molar-refractivity contribution in [3.8, 4) is 0 Å². The fourth-order valence-corrected chi connectivity index (χ4v) is 0.671. The van der Waals surface area contributed by atoms with E-state index in [0.29, 0.717) is 5.56 Å². The van der Waals surface area contributed by atoms with Gasteiger partial charge < -0.3 is 0 Å². The first kappa shape index (κ1) is 11.0. The maximum atomic E-state index is 10.2. The number of nitrogens with zero attached hydrogens (tertiary/aromatic N) is 2. The Balaban J connectivity index is 0.000000424. The van der Waals surface area contributed by atoms with Crippen molar-refractivity contribution in [3.63, 3.8) is 0 Å². The van der Waals surface area contributed by atoms with Gasteiger partial charge in [-0.2, -0.15) is 0 Å². The summed E-state index contributed by atoms with van der Waals surface area (Å²) in [6.07, 6.45) is 2.88. The van der Waals surface area contributed by atoms with E-state index >= 15 is 0 Å². The molecule has 7 heteroatoms. The lowest BCUT2D eigenvalue weighted by atomic mass is 10.3. The lowest BCUT2D eigenvalue weighted by molar-refractivity contribution is -0.398. The maximum absolute atomic E-state index is 10.2. The molecule has 0 unspecified atom stereocenters. The standard InChI is InChI=1S/C6H6N2O2.HNO2/c1-5-4-7-3-2-6(5)8(9)10;2-1-3/h2-4H,1H3;1H. The monoisotopic (exact) mass is 185 g/mol. The molecule has 0 fully saturated rings. The fraction of sp³-hybridized carbons (Fsp3) is 0.167. The van der Waals surface area contributed by atoms with Crippen LogP contribution in [0.5, 0.6) is 0 Å². The van der Waals surface area contributed by atoms with E-state index in [1.165, 1.54) is 18.5 Å². The Morgan fingerprint density at radius 1 is 1.62 bits per heavy atom. The molecule has 7 nitrogen and oxygen atoms in total. The van der Waals surface area contributed by atoms with Crippen LogP contribution in [0.1, 0.15) is 5.56 Å². The van der Waals surface area contributed by atoms with Crippen molar-refractivity contribution >= 4 is 5.69 Å². The van der Waals surface area contributed by atoms with E-state index in [4.69, 9.17) is 10.1 Å². The molecule has 0 aliphatic heterocycles. The Hall–Kier alpha value is -2.05. The van der Waals surface area contributed by atoms with Gasteiger partial charge in [0.2, 0.25) is 0 Å². The van der Waals surface area contributed by atoms with Crippen molar-refractivity contribution < 1.29 is 10.3 Å². The molecule has 13 heavy (non-hydrogen) atoms. The van der Waals surface area contributed by atoms with Crippen LogP contribution in [0, 0.1) is 27.2 Å². The molecule has 1 aromatic heterocycles. The van der Waals surface area contributed by atoms with Crippen molar-refractivity contribution in [2.24, 2.45) is 0 Å². The Morgan fingerprint density at radius 2 is 2.15 bits per heavy atom. The topological polar surface area (TPSA) is 110 Å². The molecule has 0 spiro atoms. The molecular formula is C6H7N3O4. The van der Waals surface area contributed by atoms with Gasteiger partial charge in [0.05, 0.1) is 4.92 Å². The summed E-state index contributed by atoms with van der Waals surface area (Å²) < 4.78 is 0. The van der Waals surface area contributed by atoms with Crippen LogP contribution in [-0.2, 0) is 0 Å². The molecule has 1 aromatic rings. The molecule has 1 rings (SSSR count). The van der Waals surface area contributed by atoms with Gasteiger partial charge in [0, 0.05) is 29.4 Å². The van der Waals surface area contributed by atoms with E-state index in [-0.39, 0.29) is 11.0 Å². The van der Waals surface area contributed by atoms with Crippen LogP contribution in [0.4, 0.5) is 5.69 Å². The second kappa shape index (κ2) is 5.58. The Kier molecular flexibility index (Phi) is 4.70. The number of nitro groups is 1. The number of hydrogen-bond acceptors (Lipinski definition) is 5. The summed E-state index contributed by atoms with van der Waals surface area (Å²) in [4.78, 5) is 21.6. The molecule has 0 atom stereocenters. The number of aromatic nitrogens is 1. The maximum Gasteiger partial charge on any atom is 0.275 e. The van der Waals surface area contributed by atoms with Gasteiger partial charge in [-0.25, -0.2) is 0 Å². The first-order valence-electron chi connectivity index (χ1n) is 3.17. The Bertz CT molecular complexity index is 302. The number of hydrogen-bond donors (Lipinski definition) is 1. The van der Waals surface area contributed by atoms with E-state index in [9.17, 15) is 10.1 Å².